The van der Waals surface area contributed by atoms with Crippen molar-refractivity contribution in [2.45, 2.75) is 79.7 Å². The van der Waals surface area contributed by atoms with Crippen molar-refractivity contribution in [1.29, 1.82) is 0 Å². The van der Waals surface area contributed by atoms with Crippen molar-refractivity contribution in [2.24, 2.45) is 11.8 Å². The van der Waals surface area contributed by atoms with E-state index in [1.165, 1.54) is 24.2 Å². The summed E-state index contributed by atoms with van der Waals surface area (Å²) in [6, 6.07) is 3.30. The third-order valence-electron chi connectivity index (χ3n) is 8.66. The fourth-order valence-corrected chi connectivity index (χ4v) is 8.92. The van der Waals surface area contributed by atoms with Crippen LogP contribution in [0.15, 0.2) is 34.0 Å². The highest BCUT2D eigenvalue weighted by Gasteiger charge is 2.56. The highest BCUT2D eigenvalue weighted by Crippen LogP contribution is 2.58. The van der Waals surface area contributed by atoms with E-state index in [2.05, 4.69) is 9.64 Å². The van der Waals surface area contributed by atoms with Crippen LogP contribution in [0.2, 0.25) is 0 Å². The van der Waals surface area contributed by atoms with Gasteiger partial charge in [-0.15, -0.1) is 11.8 Å². The zero-order valence-corrected chi connectivity index (χ0v) is 22.8. The lowest BCUT2D eigenvalue weighted by Crippen LogP contribution is -2.57. The molecule has 6 rings (SSSR count). The van der Waals surface area contributed by atoms with E-state index in [0.717, 1.165) is 50.9 Å². The highest BCUT2D eigenvalue weighted by molar-refractivity contribution is 7.98. The largest absolute Gasteiger partial charge is 0.461 e. The molecule has 4 aliphatic carbocycles. The molecular formula is C26H35FN2O5S2. The molecule has 4 saturated carbocycles. The lowest BCUT2D eigenvalue weighted by Gasteiger charge is -2.50. The van der Waals surface area contributed by atoms with Crippen molar-refractivity contribution >= 4 is 33.4 Å². The molecule has 1 aliphatic heterocycles. The third-order valence-corrected chi connectivity index (χ3v) is 11.3. The van der Waals surface area contributed by atoms with Crippen LogP contribution in [0.1, 0.15) is 58.3 Å². The molecule has 7 nitrogen and oxygen atoms in total. The normalized spacial score (nSPS) is 30.0. The zero-order chi connectivity index (χ0) is 25.7. The second-order valence-electron chi connectivity index (χ2n) is 10.6. The van der Waals surface area contributed by atoms with Crippen molar-refractivity contribution in [3.8, 4) is 5.75 Å². The second-order valence-corrected chi connectivity index (χ2v) is 13.4. The van der Waals surface area contributed by atoms with Gasteiger partial charge >= 0.3 is 5.97 Å². The Hall–Kier alpha value is -1.78. The van der Waals surface area contributed by atoms with Crippen LogP contribution in [-0.2, 0) is 19.6 Å². The van der Waals surface area contributed by atoms with Crippen LogP contribution < -0.4 is 9.64 Å². The number of carbonyl (C=O) groups excluding carboxylic acids is 1. The van der Waals surface area contributed by atoms with Gasteiger partial charge in [-0.1, -0.05) is 12.8 Å². The van der Waals surface area contributed by atoms with Gasteiger partial charge in [0, 0.05) is 31.2 Å². The molecule has 1 heterocycles. The number of carbonyl (C=O) groups is 1. The number of esters is 1. The zero-order valence-electron chi connectivity index (χ0n) is 21.2. The molecule has 1 aromatic carbocycles. The maximum atomic E-state index is 14.2. The van der Waals surface area contributed by atoms with E-state index in [-0.39, 0.29) is 28.8 Å². The fraction of sp³-hybridized carbons (Fsp3) is 0.654. The van der Waals surface area contributed by atoms with E-state index >= 15 is 0 Å². The van der Waals surface area contributed by atoms with Crippen molar-refractivity contribution in [3.05, 3.63) is 24.2 Å². The average molecular weight is 539 g/mol. The van der Waals surface area contributed by atoms with Crippen LogP contribution in [0.3, 0.4) is 0 Å². The van der Waals surface area contributed by atoms with Gasteiger partial charge in [-0.05, 0) is 69.6 Å². The minimum absolute atomic E-state index is 0.00491. The molecule has 0 unspecified atom stereocenters. The molecule has 5 aliphatic rings. The predicted molar refractivity (Wildman–Crippen MR) is 137 cm³/mol. The molecule has 1 atom stereocenters. The van der Waals surface area contributed by atoms with Crippen molar-refractivity contribution < 1.29 is 27.1 Å². The summed E-state index contributed by atoms with van der Waals surface area (Å²) in [7, 11) is -2.13. The molecule has 0 spiro atoms. The number of rotatable bonds is 7. The molecular weight excluding hydrogens is 503 g/mol. The number of benzene rings is 1. The number of thioether (sulfide) groups is 1. The Morgan fingerprint density at radius 1 is 1.25 bits per heavy atom. The first-order valence-corrected chi connectivity index (χ1v) is 15.5. The van der Waals surface area contributed by atoms with E-state index in [1.54, 1.807) is 18.3 Å². The molecule has 1 aromatic rings. The maximum Gasteiger partial charge on any atom is 0.370 e. The smallest absolute Gasteiger partial charge is 0.370 e. The quantitative estimate of drug-likeness (QED) is 0.207. The van der Waals surface area contributed by atoms with Crippen LogP contribution in [0.5, 0.6) is 5.75 Å². The summed E-state index contributed by atoms with van der Waals surface area (Å²) in [5, 5.41) is 0. The summed E-state index contributed by atoms with van der Waals surface area (Å²) in [6.07, 6.45) is 11.4. The lowest BCUT2D eigenvalue weighted by molar-refractivity contribution is -0.140. The fourth-order valence-electron chi connectivity index (χ4n) is 6.79. The van der Waals surface area contributed by atoms with Crippen LogP contribution in [0.4, 0.5) is 10.1 Å². The lowest BCUT2D eigenvalue weighted by atomic mass is 9.75. The first-order valence-electron chi connectivity index (χ1n) is 12.9. The summed E-state index contributed by atoms with van der Waals surface area (Å²) in [6.45, 7) is 2.32. The number of hydrogen-bond donors (Lipinski definition) is 0. The van der Waals surface area contributed by atoms with Crippen LogP contribution >= 0.6 is 11.8 Å². The Morgan fingerprint density at radius 2 is 1.97 bits per heavy atom. The number of nitrogens with zero attached hydrogens (tertiary/aromatic N) is 2. The topological polar surface area (TPSA) is 76.2 Å². The minimum Gasteiger partial charge on any atom is -0.461 e. The Bertz CT molecular complexity index is 1150. The number of anilines is 1. The molecule has 36 heavy (non-hydrogen) atoms. The average Bonchev–Trinajstić information content (AvgIpc) is 3.59. The first-order chi connectivity index (χ1) is 17.2. The number of fused-ring (bicyclic) bond motifs is 2. The highest BCUT2D eigenvalue weighted by atomic mass is 32.2. The summed E-state index contributed by atoms with van der Waals surface area (Å²) in [4.78, 5) is 14.9. The van der Waals surface area contributed by atoms with Gasteiger partial charge in [-0.25, -0.2) is 13.2 Å². The second kappa shape index (κ2) is 9.83. The third kappa shape index (κ3) is 4.32. The van der Waals surface area contributed by atoms with E-state index in [9.17, 15) is 17.6 Å². The molecule has 10 heteroatoms. The van der Waals surface area contributed by atoms with Gasteiger partial charge in [-0.3, -0.25) is 0 Å². The SMILES string of the molecule is CCOC(=O)/C(F)=C/Oc1cc2c(cc1SC)N(C13CCC(C1)C3)C[C@@H](C1CCCC1)N(C)S2(=O)=O. The molecule has 2 bridgehead atoms. The monoisotopic (exact) mass is 538 g/mol. The number of likely N-dealkylation sites (N-methyl/N-ethyl adjacent to an activating group) is 1. The number of sulfonamides is 1. The number of halogens is 1. The molecule has 0 aromatic heterocycles. The predicted octanol–water partition coefficient (Wildman–Crippen LogP) is 5.10. The Labute approximate surface area is 217 Å². The van der Waals surface area contributed by atoms with Gasteiger partial charge < -0.3 is 14.4 Å². The Balaban J connectivity index is 1.59. The van der Waals surface area contributed by atoms with Crippen molar-refractivity contribution in [3.63, 3.8) is 0 Å². The van der Waals surface area contributed by atoms with Crippen molar-refractivity contribution in [1.82, 2.24) is 4.31 Å². The summed E-state index contributed by atoms with van der Waals surface area (Å²) >= 11 is 1.40. The van der Waals surface area contributed by atoms with E-state index in [1.807, 2.05) is 12.3 Å². The van der Waals surface area contributed by atoms with Gasteiger partial charge in [0.15, 0.2) is 0 Å². The van der Waals surface area contributed by atoms with Crippen LogP contribution in [0, 0.1) is 11.8 Å². The molecule has 0 N–H and O–H groups in total. The van der Waals surface area contributed by atoms with Gasteiger partial charge in [0.05, 0.1) is 17.2 Å². The van der Waals surface area contributed by atoms with Gasteiger partial charge in [0.2, 0.25) is 15.9 Å². The Morgan fingerprint density at radius 3 is 2.58 bits per heavy atom. The van der Waals surface area contributed by atoms with Gasteiger partial charge in [0.1, 0.15) is 16.9 Å². The minimum atomic E-state index is -3.83. The number of hydrogen-bond acceptors (Lipinski definition) is 7. The van der Waals surface area contributed by atoms with E-state index in [0.29, 0.717) is 29.3 Å². The van der Waals surface area contributed by atoms with E-state index in [4.69, 9.17) is 4.74 Å². The standard InChI is InChI=1S/C26H35FN2O5S2/c1-4-33-25(30)19(27)16-34-22-12-24-20(11-23(22)35-3)29(26-10-9-17(13-26)14-26)15-21(18-7-5-6-8-18)28(2)36(24,31)32/h11-12,16-18,21H,4-10,13-15H2,1-3H3/b19-16-/t17?,21-,26?/m0/s1. The Kier molecular flexibility index (Phi) is 7.06. The first kappa shape index (κ1) is 25.9. The summed E-state index contributed by atoms with van der Waals surface area (Å²) in [5.74, 6) is -1.02. The van der Waals surface area contributed by atoms with Gasteiger partial charge in [-0.2, -0.15) is 8.70 Å². The molecule has 4 fully saturated rings. The maximum absolute atomic E-state index is 14.2. The van der Waals surface area contributed by atoms with Gasteiger partial charge in [0.25, 0.3) is 0 Å². The molecule has 0 radical (unpaired) electrons. The molecule has 0 amide bonds. The molecule has 198 valence electrons. The van der Waals surface area contributed by atoms with E-state index < -0.39 is 21.8 Å². The van der Waals surface area contributed by atoms with Crippen LogP contribution in [-0.4, -0.2) is 56.7 Å². The summed E-state index contributed by atoms with van der Waals surface area (Å²) in [5.41, 5.74) is 0.722. The number of ether oxygens (including phenoxy) is 2. The van der Waals surface area contributed by atoms with Crippen LogP contribution in [0.25, 0.3) is 0 Å². The molecule has 0 saturated heterocycles. The summed E-state index contributed by atoms with van der Waals surface area (Å²) < 4.78 is 54.0. The van der Waals surface area contributed by atoms with Crippen molar-refractivity contribution in [2.75, 3.05) is 31.4 Å².